The Bertz CT molecular complexity index is 371. The molecule has 0 fully saturated rings. The molecule has 0 bridgehead atoms. The molecule has 0 spiro atoms. The van der Waals surface area contributed by atoms with E-state index in [9.17, 15) is 4.79 Å². The van der Waals surface area contributed by atoms with Gasteiger partial charge in [0.1, 0.15) is 5.92 Å². The lowest BCUT2D eigenvalue weighted by Crippen LogP contribution is -2.40. The Morgan fingerprint density at radius 3 is 2.27 bits per heavy atom. The van der Waals surface area contributed by atoms with Crippen molar-refractivity contribution in [1.29, 1.82) is 0 Å². The molecule has 0 aromatic rings. The van der Waals surface area contributed by atoms with Crippen molar-refractivity contribution in [3.05, 3.63) is 0 Å². The maximum Gasteiger partial charge on any atom is 0.318 e. The Hall–Kier alpha value is -1.06. The fraction of sp³-hybridized carbons (Fsp3) is 0.889. The van der Waals surface area contributed by atoms with Crippen LogP contribution in [0.4, 0.5) is 0 Å². The molecule has 0 unspecified atom stereocenters. The third-order valence-corrected chi connectivity index (χ3v) is 4.29. The second-order valence-corrected chi connectivity index (χ2v) is 7.35. The number of hydrogen-bond acceptors (Lipinski definition) is 4. The van der Waals surface area contributed by atoms with Gasteiger partial charge >= 0.3 is 5.97 Å². The van der Waals surface area contributed by atoms with E-state index in [0.717, 1.165) is 18.6 Å². The topological polar surface area (TPSA) is 47.9 Å². The average Bonchev–Trinajstić information content (AvgIpc) is 2.89. The average molecular weight is 311 g/mol. The molecule has 0 aromatic heterocycles. The Balaban J connectivity index is 2.43. The first-order valence-corrected chi connectivity index (χ1v) is 8.72. The molecule has 0 aliphatic carbocycles. The fourth-order valence-corrected chi connectivity index (χ4v) is 2.93. The third kappa shape index (κ3) is 5.62. The molecule has 0 saturated heterocycles. The van der Waals surface area contributed by atoms with E-state index < -0.39 is 0 Å². The van der Waals surface area contributed by atoms with Crippen LogP contribution in [0.15, 0.2) is 5.16 Å². The van der Waals surface area contributed by atoms with Crippen molar-refractivity contribution in [3.8, 4) is 0 Å². The van der Waals surface area contributed by atoms with Crippen molar-refractivity contribution in [2.24, 2.45) is 16.5 Å². The second kappa shape index (κ2) is 9.16. The molecule has 1 rings (SSSR count). The number of unbranched alkanes of at least 4 members (excludes halogenated alkanes) is 6. The second-order valence-electron chi connectivity index (χ2n) is 7.35. The lowest BCUT2D eigenvalue weighted by molar-refractivity contribution is -0.148. The molecule has 0 N–H and O–H groups in total. The van der Waals surface area contributed by atoms with Crippen LogP contribution in [-0.4, -0.2) is 24.9 Å². The molecule has 1 aliphatic heterocycles. The van der Waals surface area contributed by atoms with Gasteiger partial charge in [0, 0.05) is 5.41 Å². The molecular formula is C18H33NO3. The number of hydrogen-bond donors (Lipinski definition) is 0. The van der Waals surface area contributed by atoms with E-state index in [0.29, 0.717) is 0 Å². The van der Waals surface area contributed by atoms with Crippen LogP contribution in [0.5, 0.6) is 0 Å². The summed E-state index contributed by atoms with van der Waals surface area (Å²) in [7, 11) is 1.44. The molecule has 22 heavy (non-hydrogen) atoms. The summed E-state index contributed by atoms with van der Waals surface area (Å²) in [5.74, 6) is -0.566. The highest BCUT2D eigenvalue weighted by Gasteiger charge is 2.46. The molecule has 2 atom stereocenters. The van der Waals surface area contributed by atoms with Crippen LogP contribution in [0.25, 0.3) is 0 Å². The normalized spacial score (nSPS) is 21.4. The molecule has 0 radical (unpaired) electrons. The molecular weight excluding hydrogens is 278 g/mol. The summed E-state index contributed by atoms with van der Waals surface area (Å²) in [5.41, 5.74) is 0.727. The van der Waals surface area contributed by atoms with Crippen LogP contribution < -0.4 is 0 Å². The van der Waals surface area contributed by atoms with Crippen molar-refractivity contribution in [2.45, 2.75) is 85.2 Å². The van der Waals surface area contributed by atoms with Crippen molar-refractivity contribution in [2.75, 3.05) is 7.11 Å². The number of carbonyl (C=O) groups excluding carboxylic acids is 1. The van der Waals surface area contributed by atoms with Crippen molar-refractivity contribution >= 4 is 11.7 Å². The smallest absolute Gasteiger partial charge is 0.318 e. The predicted molar refractivity (Wildman–Crippen MR) is 89.9 cm³/mol. The van der Waals surface area contributed by atoms with Crippen LogP contribution in [0, 0.1) is 11.3 Å². The molecule has 0 saturated carbocycles. The van der Waals surface area contributed by atoms with E-state index in [1.54, 1.807) is 0 Å². The zero-order valence-electron chi connectivity index (χ0n) is 15.0. The molecule has 0 amide bonds. The number of oxime groups is 1. The predicted octanol–water partition coefficient (Wildman–Crippen LogP) is 4.72. The van der Waals surface area contributed by atoms with Crippen LogP contribution >= 0.6 is 0 Å². The highest BCUT2D eigenvalue weighted by molar-refractivity contribution is 6.03. The number of rotatable bonds is 9. The highest BCUT2D eigenvalue weighted by atomic mass is 16.6. The van der Waals surface area contributed by atoms with Crippen LogP contribution in [0.3, 0.4) is 0 Å². The van der Waals surface area contributed by atoms with Gasteiger partial charge in [-0.15, -0.1) is 0 Å². The molecule has 1 heterocycles. The Morgan fingerprint density at radius 1 is 1.14 bits per heavy atom. The Kier molecular flexibility index (Phi) is 7.91. The minimum atomic E-state index is -0.343. The summed E-state index contributed by atoms with van der Waals surface area (Å²) in [6.45, 7) is 8.44. The van der Waals surface area contributed by atoms with Gasteiger partial charge in [-0.05, 0) is 12.8 Å². The maximum atomic E-state index is 12.1. The van der Waals surface area contributed by atoms with E-state index in [-0.39, 0.29) is 23.4 Å². The van der Waals surface area contributed by atoms with Gasteiger partial charge < -0.3 is 9.57 Å². The zero-order chi connectivity index (χ0) is 16.6. The first-order valence-electron chi connectivity index (χ1n) is 8.72. The number of nitrogens with zero attached hydrogens (tertiary/aromatic N) is 1. The van der Waals surface area contributed by atoms with E-state index in [4.69, 9.17) is 9.57 Å². The van der Waals surface area contributed by atoms with E-state index in [1.807, 2.05) is 0 Å². The van der Waals surface area contributed by atoms with E-state index in [1.165, 1.54) is 45.6 Å². The SMILES string of the molecule is CCCCCCCCCC1=NO[C@H](C(C)(C)C)[C@H]1C(=O)OC. The highest BCUT2D eigenvalue weighted by Crippen LogP contribution is 2.35. The molecule has 0 aromatic carbocycles. The number of esters is 1. The van der Waals surface area contributed by atoms with Crippen molar-refractivity contribution in [3.63, 3.8) is 0 Å². The van der Waals surface area contributed by atoms with Gasteiger partial charge in [-0.1, -0.05) is 71.4 Å². The number of carbonyl (C=O) groups is 1. The lowest BCUT2D eigenvalue weighted by atomic mass is 9.79. The summed E-state index contributed by atoms with van der Waals surface area (Å²) in [6.07, 6.45) is 9.38. The Morgan fingerprint density at radius 2 is 1.73 bits per heavy atom. The molecule has 4 nitrogen and oxygen atoms in total. The minimum Gasteiger partial charge on any atom is -0.468 e. The first-order chi connectivity index (χ1) is 10.4. The van der Waals surface area contributed by atoms with Gasteiger partial charge in [0.05, 0.1) is 12.8 Å². The summed E-state index contributed by atoms with van der Waals surface area (Å²) in [4.78, 5) is 17.7. The van der Waals surface area contributed by atoms with Gasteiger partial charge in [0.15, 0.2) is 6.10 Å². The molecule has 1 aliphatic rings. The van der Waals surface area contributed by atoms with Gasteiger partial charge in [0.2, 0.25) is 0 Å². The largest absolute Gasteiger partial charge is 0.468 e. The first kappa shape index (κ1) is 19.0. The monoisotopic (exact) mass is 311 g/mol. The number of ether oxygens (including phenoxy) is 1. The lowest BCUT2D eigenvalue weighted by Gasteiger charge is -2.28. The zero-order valence-corrected chi connectivity index (χ0v) is 15.0. The molecule has 4 heteroatoms. The van der Waals surface area contributed by atoms with Crippen LogP contribution in [0.2, 0.25) is 0 Å². The summed E-state index contributed by atoms with van der Waals surface area (Å²) in [6, 6.07) is 0. The fourth-order valence-electron chi connectivity index (χ4n) is 2.93. The number of methoxy groups -OCH3 is 1. The van der Waals surface area contributed by atoms with Gasteiger partial charge in [0.25, 0.3) is 0 Å². The van der Waals surface area contributed by atoms with Crippen LogP contribution in [0.1, 0.15) is 79.1 Å². The van der Waals surface area contributed by atoms with E-state index in [2.05, 4.69) is 32.9 Å². The standard InChI is InChI=1S/C18H33NO3/c1-6-7-8-9-10-11-12-13-14-15(17(20)21-5)16(22-19-14)18(2,3)4/h15-16H,6-13H2,1-5H3/t15-,16-/m0/s1. The summed E-state index contributed by atoms with van der Waals surface area (Å²) in [5, 5.41) is 4.20. The van der Waals surface area contributed by atoms with Gasteiger partial charge in [-0.25, -0.2) is 0 Å². The maximum absolute atomic E-state index is 12.1. The van der Waals surface area contributed by atoms with Gasteiger partial charge in [-0.3, -0.25) is 4.79 Å². The van der Waals surface area contributed by atoms with E-state index >= 15 is 0 Å². The summed E-state index contributed by atoms with van der Waals surface area (Å²) >= 11 is 0. The Labute approximate surface area is 135 Å². The van der Waals surface area contributed by atoms with Crippen molar-refractivity contribution in [1.82, 2.24) is 0 Å². The van der Waals surface area contributed by atoms with Gasteiger partial charge in [-0.2, -0.15) is 0 Å². The quantitative estimate of drug-likeness (QED) is 0.457. The summed E-state index contributed by atoms with van der Waals surface area (Å²) < 4.78 is 4.96. The molecule has 128 valence electrons. The minimum absolute atomic E-state index is 0.135. The third-order valence-electron chi connectivity index (χ3n) is 4.29. The van der Waals surface area contributed by atoms with Crippen LogP contribution in [-0.2, 0) is 14.4 Å². The van der Waals surface area contributed by atoms with Crippen molar-refractivity contribution < 1.29 is 14.4 Å².